The molecular formula is C24H21N3O4S. The number of aryl methyl sites for hydroxylation is 2. The van der Waals surface area contributed by atoms with Gasteiger partial charge in [-0.15, -0.1) is 11.3 Å². The lowest BCUT2D eigenvalue weighted by Gasteiger charge is -2.11. The Bertz CT molecular complexity index is 1400. The number of benzene rings is 2. The van der Waals surface area contributed by atoms with E-state index in [1.165, 1.54) is 29.3 Å². The molecule has 0 saturated carbocycles. The summed E-state index contributed by atoms with van der Waals surface area (Å²) in [5, 5.41) is 5.10. The average Bonchev–Trinajstić information content (AvgIpc) is 3.20. The molecule has 0 atom stereocenters. The molecule has 1 N–H and O–H groups in total. The minimum atomic E-state index is -0.558. The monoisotopic (exact) mass is 447 g/mol. The molecule has 1 amide bonds. The number of ether oxygens (including phenoxy) is 1. The van der Waals surface area contributed by atoms with Crippen molar-refractivity contribution in [2.75, 3.05) is 12.4 Å². The van der Waals surface area contributed by atoms with Gasteiger partial charge in [-0.2, -0.15) is 0 Å². The fourth-order valence-electron chi connectivity index (χ4n) is 3.62. The zero-order valence-electron chi connectivity index (χ0n) is 17.8. The first-order valence-electron chi connectivity index (χ1n) is 9.90. The number of carbonyl (C=O) groups excluding carboxylic acids is 2. The number of nitrogens with one attached hydrogen (secondary N) is 1. The molecule has 0 aliphatic carbocycles. The topological polar surface area (TPSA) is 90.3 Å². The second-order valence-electron chi connectivity index (χ2n) is 7.41. The van der Waals surface area contributed by atoms with E-state index in [2.05, 4.69) is 16.4 Å². The third-order valence-electron chi connectivity index (χ3n) is 5.15. The van der Waals surface area contributed by atoms with Gasteiger partial charge in [0.15, 0.2) is 0 Å². The largest absolute Gasteiger partial charge is 0.465 e. The van der Waals surface area contributed by atoms with E-state index in [0.29, 0.717) is 15.9 Å². The quantitative estimate of drug-likeness (QED) is 0.464. The summed E-state index contributed by atoms with van der Waals surface area (Å²) in [6.45, 7) is 3.79. The van der Waals surface area contributed by atoms with Crippen LogP contribution in [-0.4, -0.2) is 28.5 Å². The standard InChI is InChI=1S/C24H21N3O4S/c1-14-8-9-16(15(2)10-14)18-12-32-22-21(18)23(29)27(13-25-22)11-20(28)26-19-7-5-4-6-17(19)24(30)31-3/h4-10,12-13H,11H2,1-3H3,(H,26,28). The molecule has 0 aliphatic heterocycles. The van der Waals surface area contributed by atoms with E-state index < -0.39 is 11.9 Å². The molecule has 0 bridgehead atoms. The third-order valence-corrected chi connectivity index (χ3v) is 6.04. The summed E-state index contributed by atoms with van der Waals surface area (Å²) in [6, 6.07) is 12.6. The van der Waals surface area contributed by atoms with E-state index in [9.17, 15) is 14.4 Å². The Balaban J connectivity index is 1.66. The molecule has 0 unspecified atom stereocenters. The predicted molar refractivity (Wildman–Crippen MR) is 125 cm³/mol. The van der Waals surface area contributed by atoms with Gasteiger partial charge in [0.2, 0.25) is 5.91 Å². The highest BCUT2D eigenvalue weighted by molar-refractivity contribution is 7.17. The number of hydrogen-bond acceptors (Lipinski definition) is 6. The van der Waals surface area contributed by atoms with E-state index in [1.54, 1.807) is 24.3 Å². The highest BCUT2D eigenvalue weighted by atomic mass is 32.1. The molecule has 0 fully saturated rings. The van der Waals surface area contributed by atoms with Crippen LogP contribution in [0.25, 0.3) is 21.3 Å². The van der Waals surface area contributed by atoms with Crippen molar-refractivity contribution >= 4 is 39.1 Å². The normalized spacial score (nSPS) is 10.8. The first-order valence-corrected chi connectivity index (χ1v) is 10.8. The fraction of sp³-hybridized carbons (Fsp3) is 0.167. The van der Waals surface area contributed by atoms with Crippen molar-refractivity contribution in [2.24, 2.45) is 0 Å². The lowest BCUT2D eigenvalue weighted by molar-refractivity contribution is -0.116. The Morgan fingerprint density at radius 3 is 2.66 bits per heavy atom. The van der Waals surface area contributed by atoms with E-state index in [4.69, 9.17) is 4.74 Å². The molecule has 0 saturated heterocycles. The Kier molecular flexibility index (Phi) is 5.87. The number of esters is 1. The van der Waals surface area contributed by atoms with Crippen LogP contribution in [0.3, 0.4) is 0 Å². The number of aromatic nitrogens is 2. The molecule has 2 aromatic carbocycles. The maximum absolute atomic E-state index is 13.2. The summed E-state index contributed by atoms with van der Waals surface area (Å²) in [5.41, 5.74) is 4.25. The highest BCUT2D eigenvalue weighted by Gasteiger charge is 2.17. The summed E-state index contributed by atoms with van der Waals surface area (Å²) in [7, 11) is 1.27. The van der Waals surface area contributed by atoms with Gasteiger partial charge in [-0.1, -0.05) is 35.9 Å². The van der Waals surface area contributed by atoms with Gasteiger partial charge in [-0.25, -0.2) is 9.78 Å². The van der Waals surface area contributed by atoms with Crippen molar-refractivity contribution in [3.8, 4) is 11.1 Å². The van der Waals surface area contributed by atoms with Gasteiger partial charge in [0.05, 0.1) is 30.1 Å². The summed E-state index contributed by atoms with van der Waals surface area (Å²) >= 11 is 1.40. The Morgan fingerprint density at radius 1 is 1.12 bits per heavy atom. The molecule has 7 nitrogen and oxygen atoms in total. The van der Waals surface area contributed by atoms with Crippen LogP contribution in [0.1, 0.15) is 21.5 Å². The van der Waals surface area contributed by atoms with Crippen LogP contribution in [0, 0.1) is 13.8 Å². The number of fused-ring (bicyclic) bond motifs is 1. The maximum atomic E-state index is 13.2. The summed E-state index contributed by atoms with van der Waals surface area (Å²) in [6.07, 6.45) is 1.37. The molecular weight excluding hydrogens is 426 g/mol. The molecule has 2 aromatic heterocycles. The Morgan fingerprint density at radius 2 is 1.91 bits per heavy atom. The van der Waals surface area contributed by atoms with E-state index in [0.717, 1.165) is 22.3 Å². The van der Waals surface area contributed by atoms with E-state index >= 15 is 0 Å². The summed E-state index contributed by atoms with van der Waals surface area (Å²) in [5.74, 6) is -1.01. The number of rotatable bonds is 5. The number of hydrogen-bond donors (Lipinski definition) is 1. The van der Waals surface area contributed by atoms with Crippen LogP contribution in [-0.2, 0) is 16.1 Å². The minimum absolute atomic E-state index is 0.235. The van der Waals surface area contributed by atoms with Crippen molar-refractivity contribution in [2.45, 2.75) is 20.4 Å². The lowest BCUT2D eigenvalue weighted by atomic mass is 9.99. The van der Waals surface area contributed by atoms with Gasteiger partial charge < -0.3 is 10.1 Å². The molecule has 0 radical (unpaired) electrons. The number of anilines is 1. The van der Waals surface area contributed by atoms with Crippen molar-refractivity contribution in [3.05, 3.63) is 81.2 Å². The van der Waals surface area contributed by atoms with Gasteiger partial charge in [0, 0.05) is 10.9 Å². The zero-order valence-corrected chi connectivity index (χ0v) is 18.7. The third kappa shape index (κ3) is 4.04. The molecule has 0 aliphatic rings. The summed E-state index contributed by atoms with van der Waals surface area (Å²) < 4.78 is 6.03. The van der Waals surface area contributed by atoms with Crippen LogP contribution in [0.15, 0.2) is 59.0 Å². The van der Waals surface area contributed by atoms with Gasteiger partial charge in [-0.05, 0) is 37.1 Å². The molecule has 2 heterocycles. The average molecular weight is 448 g/mol. The lowest BCUT2D eigenvalue weighted by Crippen LogP contribution is -2.28. The van der Waals surface area contributed by atoms with Gasteiger partial charge in [0.25, 0.3) is 5.56 Å². The number of carbonyl (C=O) groups is 2. The van der Waals surface area contributed by atoms with Crippen LogP contribution >= 0.6 is 11.3 Å². The number of amides is 1. The van der Waals surface area contributed by atoms with Crippen LogP contribution < -0.4 is 10.9 Å². The SMILES string of the molecule is COC(=O)c1ccccc1NC(=O)Cn1cnc2scc(-c3ccc(C)cc3C)c2c1=O. The number of methoxy groups -OCH3 is 1. The van der Waals surface area contributed by atoms with Gasteiger partial charge in [-0.3, -0.25) is 14.2 Å². The van der Waals surface area contributed by atoms with E-state index in [-0.39, 0.29) is 17.7 Å². The molecule has 4 rings (SSSR count). The Hall–Kier alpha value is -3.78. The predicted octanol–water partition coefficient (Wildman–Crippen LogP) is 4.17. The molecule has 32 heavy (non-hydrogen) atoms. The molecule has 162 valence electrons. The highest BCUT2D eigenvalue weighted by Crippen LogP contribution is 2.33. The van der Waals surface area contributed by atoms with Gasteiger partial charge in [0.1, 0.15) is 11.4 Å². The van der Waals surface area contributed by atoms with Crippen molar-refractivity contribution in [1.82, 2.24) is 9.55 Å². The van der Waals surface area contributed by atoms with Gasteiger partial charge >= 0.3 is 5.97 Å². The first-order chi connectivity index (χ1) is 15.4. The second-order valence-corrected chi connectivity index (χ2v) is 8.27. The minimum Gasteiger partial charge on any atom is -0.465 e. The first kappa shape index (κ1) is 21.5. The summed E-state index contributed by atoms with van der Waals surface area (Å²) in [4.78, 5) is 42.8. The van der Waals surface area contributed by atoms with Crippen molar-refractivity contribution in [1.29, 1.82) is 0 Å². The van der Waals surface area contributed by atoms with E-state index in [1.807, 2.05) is 31.4 Å². The Labute approximate surface area is 188 Å². The van der Waals surface area contributed by atoms with Crippen LogP contribution in [0.2, 0.25) is 0 Å². The molecule has 8 heteroatoms. The number of thiophene rings is 1. The molecule has 4 aromatic rings. The second kappa shape index (κ2) is 8.76. The number of para-hydroxylation sites is 1. The van der Waals surface area contributed by atoms with Crippen molar-refractivity contribution in [3.63, 3.8) is 0 Å². The van der Waals surface area contributed by atoms with Crippen LogP contribution in [0.5, 0.6) is 0 Å². The molecule has 0 spiro atoms. The fourth-order valence-corrected chi connectivity index (χ4v) is 4.52. The van der Waals surface area contributed by atoms with Crippen LogP contribution in [0.4, 0.5) is 5.69 Å². The van der Waals surface area contributed by atoms with Crippen molar-refractivity contribution < 1.29 is 14.3 Å². The zero-order chi connectivity index (χ0) is 22.8. The number of nitrogens with zero attached hydrogens (tertiary/aromatic N) is 2. The maximum Gasteiger partial charge on any atom is 0.339 e. The smallest absolute Gasteiger partial charge is 0.339 e.